The average molecular weight is 467 g/mol. The molecule has 0 saturated carbocycles. The molecule has 3 rings (SSSR count). The average Bonchev–Trinajstić information content (AvgIpc) is 2.85. The van der Waals surface area contributed by atoms with E-state index in [0.29, 0.717) is 22.9 Å². The van der Waals surface area contributed by atoms with E-state index in [-0.39, 0.29) is 25.0 Å². The van der Waals surface area contributed by atoms with Crippen LogP contribution >= 0.6 is 11.6 Å². The zero-order valence-electron chi connectivity index (χ0n) is 18.7. The Bertz CT molecular complexity index is 1070. The van der Waals surface area contributed by atoms with E-state index in [9.17, 15) is 9.59 Å². The van der Waals surface area contributed by atoms with Gasteiger partial charge in [-0.2, -0.15) is 0 Å². The Balaban J connectivity index is 1.88. The minimum atomic E-state index is -0.723. The molecule has 0 fully saturated rings. The second-order valence-electron chi connectivity index (χ2n) is 7.44. The van der Waals surface area contributed by atoms with E-state index in [4.69, 9.17) is 21.1 Å². The van der Waals surface area contributed by atoms with Crippen LogP contribution in [0.1, 0.15) is 11.1 Å². The molecular weight excluding hydrogens is 440 g/mol. The molecule has 1 atom stereocenters. The van der Waals surface area contributed by atoms with Crippen LogP contribution in [0.2, 0.25) is 5.02 Å². The highest BCUT2D eigenvalue weighted by atomic mass is 35.5. The normalized spacial score (nSPS) is 11.4. The zero-order valence-corrected chi connectivity index (χ0v) is 19.4. The molecule has 0 saturated heterocycles. The first-order valence-corrected chi connectivity index (χ1v) is 10.9. The number of benzene rings is 3. The molecule has 0 bridgehead atoms. The van der Waals surface area contributed by atoms with Crippen LogP contribution in [-0.2, 0) is 22.6 Å². The van der Waals surface area contributed by atoms with Gasteiger partial charge < -0.3 is 19.7 Å². The van der Waals surface area contributed by atoms with Crippen LogP contribution in [0.25, 0.3) is 0 Å². The Kier molecular flexibility index (Phi) is 8.72. The van der Waals surface area contributed by atoms with Crippen LogP contribution < -0.4 is 14.8 Å². The lowest BCUT2D eigenvalue weighted by molar-refractivity contribution is -0.142. The van der Waals surface area contributed by atoms with Crippen molar-refractivity contribution in [2.45, 2.75) is 19.0 Å². The fourth-order valence-electron chi connectivity index (χ4n) is 3.47. The fourth-order valence-corrected chi connectivity index (χ4v) is 3.65. The summed E-state index contributed by atoms with van der Waals surface area (Å²) in [6.45, 7) is -0.00749. The number of carbonyl (C=O) groups is 2. The number of halogens is 1. The number of likely N-dealkylation sites (N-methyl/N-ethyl adjacent to an activating group) is 1. The van der Waals surface area contributed by atoms with Gasteiger partial charge in [0.25, 0.3) is 5.91 Å². The number of hydrogen-bond donors (Lipinski definition) is 1. The van der Waals surface area contributed by atoms with Crippen molar-refractivity contribution in [3.05, 3.63) is 95.0 Å². The predicted molar refractivity (Wildman–Crippen MR) is 128 cm³/mol. The first-order chi connectivity index (χ1) is 16.0. The molecule has 0 aliphatic carbocycles. The molecule has 7 heteroatoms. The van der Waals surface area contributed by atoms with E-state index in [0.717, 1.165) is 11.1 Å². The third-order valence-electron chi connectivity index (χ3n) is 5.16. The minimum Gasteiger partial charge on any atom is -0.497 e. The maximum absolute atomic E-state index is 13.4. The molecule has 33 heavy (non-hydrogen) atoms. The summed E-state index contributed by atoms with van der Waals surface area (Å²) in [5.41, 5.74) is 1.79. The Morgan fingerprint density at radius 1 is 0.939 bits per heavy atom. The number of ether oxygens (including phenoxy) is 2. The summed E-state index contributed by atoms with van der Waals surface area (Å²) in [5.74, 6) is 0.589. The van der Waals surface area contributed by atoms with Crippen molar-refractivity contribution in [3.8, 4) is 11.5 Å². The summed E-state index contributed by atoms with van der Waals surface area (Å²) in [5, 5.41) is 3.21. The molecule has 2 amide bonds. The molecule has 0 radical (unpaired) electrons. The number of nitrogens with zero attached hydrogens (tertiary/aromatic N) is 1. The van der Waals surface area contributed by atoms with Crippen molar-refractivity contribution in [2.75, 3.05) is 20.8 Å². The van der Waals surface area contributed by atoms with Crippen LogP contribution in [0.15, 0.2) is 78.9 Å². The maximum atomic E-state index is 13.4. The van der Waals surface area contributed by atoms with Crippen molar-refractivity contribution < 1.29 is 19.1 Å². The number of hydrogen-bond acceptors (Lipinski definition) is 4. The maximum Gasteiger partial charge on any atom is 0.261 e. The third kappa shape index (κ3) is 6.99. The summed E-state index contributed by atoms with van der Waals surface area (Å²) in [6.07, 6.45) is 0.368. The minimum absolute atomic E-state index is 0.222. The monoisotopic (exact) mass is 466 g/mol. The topological polar surface area (TPSA) is 67.9 Å². The molecule has 0 unspecified atom stereocenters. The van der Waals surface area contributed by atoms with Crippen LogP contribution in [0.5, 0.6) is 11.5 Å². The molecule has 0 spiro atoms. The van der Waals surface area contributed by atoms with E-state index in [2.05, 4.69) is 5.32 Å². The highest BCUT2D eigenvalue weighted by Crippen LogP contribution is 2.20. The summed E-state index contributed by atoms with van der Waals surface area (Å²) in [7, 11) is 3.15. The number of carbonyl (C=O) groups excluding carboxylic acids is 2. The van der Waals surface area contributed by atoms with Gasteiger partial charge in [-0.15, -0.1) is 0 Å². The largest absolute Gasteiger partial charge is 0.497 e. The smallest absolute Gasteiger partial charge is 0.261 e. The third-order valence-corrected chi connectivity index (χ3v) is 5.40. The van der Waals surface area contributed by atoms with Crippen molar-refractivity contribution in [3.63, 3.8) is 0 Å². The van der Waals surface area contributed by atoms with Crippen LogP contribution in [-0.4, -0.2) is 43.5 Å². The molecule has 1 N–H and O–H groups in total. The molecule has 3 aromatic rings. The lowest BCUT2D eigenvalue weighted by Crippen LogP contribution is -2.51. The molecule has 6 nitrogen and oxygen atoms in total. The molecule has 0 aliphatic heterocycles. The van der Waals surface area contributed by atoms with Crippen molar-refractivity contribution >= 4 is 23.4 Å². The Morgan fingerprint density at radius 3 is 2.33 bits per heavy atom. The number of rotatable bonds is 10. The SMILES string of the molecule is CNC(=O)[C@@H](Cc1ccccc1)N(Cc1cccc(OC)c1)C(=O)COc1cccc(Cl)c1. The summed E-state index contributed by atoms with van der Waals surface area (Å²) in [6, 6.07) is 23.2. The van der Waals surface area contributed by atoms with Crippen LogP contribution in [0.4, 0.5) is 0 Å². The second kappa shape index (κ2) is 11.9. The van der Waals surface area contributed by atoms with Gasteiger partial charge in [0, 0.05) is 25.0 Å². The van der Waals surface area contributed by atoms with Crippen LogP contribution in [0, 0.1) is 0 Å². The first kappa shape index (κ1) is 24.1. The van der Waals surface area contributed by atoms with E-state index >= 15 is 0 Å². The quantitative estimate of drug-likeness (QED) is 0.488. The van der Waals surface area contributed by atoms with E-state index in [1.165, 1.54) is 0 Å². The summed E-state index contributed by atoms with van der Waals surface area (Å²) < 4.78 is 11.0. The summed E-state index contributed by atoms with van der Waals surface area (Å²) >= 11 is 6.02. The molecule has 0 aliphatic rings. The van der Waals surface area contributed by atoms with Crippen molar-refractivity contribution in [1.29, 1.82) is 0 Å². The Labute approximate surface area is 199 Å². The highest BCUT2D eigenvalue weighted by molar-refractivity contribution is 6.30. The molecule has 172 valence electrons. The van der Waals surface area contributed by atoms with Gasteiger partial charge in [-0.3, -0.25) is 9.59 Å². The summed E-state index contributed by atoms with van der Waals surface area (Å²) in [4.78, 5) is 27.8. The predicted octanol–water partition coefficient (Wildman–Crippen LogP) is 4.11. The van der Waals surface area contributed by atoms with Gasteiger partial charge >= 0.3 is 0 Å². The van der Waals surface area contributed by atoms with Gasteiger partial charge in [0.2, 0.25) is 5.91 Å². The zero-order chi connectivity index (χ0) is 23.6. The lowest BCUT2D eigenvalue weighted by atomic mass is 10.0. The van der Waals surface area contributed by atoms with Crippen molar-refractivity contribution in [2.24, 2.45) is 0 Å². The van der Waals surface area contributed by atoms with Gasteiger partial charge in [-0.1, -0.05) is 60.1 Å². The van der Waals surface area contributed by atoms with Crippen LogP contribution in [0.3, 0.4) is 0 Å². The van der Waals surface area contributed by atoms with Gasteiger partial charge in [-0.25, -0.2) is 0 Å². The van der Waals surface area contributed by atoms with E-state index < -0.39 is 6.04 Å². The lowest BCUT2D eigenvalue weighted by Gasteiger charge is -2.31. The Morgan fingerprint density at radius 2 is 1.64 bits per heavy atom. The van der Waals surface area contributed by atoms with Gasteiger partial charge in [0.15, 0.2) is 6.61 Å². The highest BCUT2D eigenvalue weighted by Gasteiger charge is 2.30. The molecule has 3 aromatic carbocycles. The second-order valence-corrected chi connectivity index (χ2v) is 7.88. The van der Waals surface area contributed by atoms with E-state index in [1.54, 1.807) is 43.3 Å². The Hall–Kier alpha value is -3.51. The first-order valence-electron chi connectivity index (χ1n) is 10.6. The number of nitrogens with one attached hydrogen (secondary N) is 1. The molecular formula is C26H27ClN2O4. The molecule has 0 heterocycles. The van der Waals surface area contributed by atoms with Crippen molar-refractivity contribution in [1.82, 2.24) is 10.2 Å². The number of methoxy groups -OCH3 is 1. The number of amides is 2. The van der Waals surface area contributed by atoms with Gasteiger partial charge in [0.1, 0.15) is 17.5 Å². The van der Waals surface area contributed by atoms with Gasteiger partial charge in [-0.05, 0) is 41.5 Å². The molecule has 0 aromatic heterocycles. The fraction of sp³-hybridized carbons (Fsp3) is 0.231. The standard InChI is InChI=1S/C26H27ClN2O4/c1-28-26(31)24(15-19-8-4-3-5-9-19)29(17-20-10-6-12-22(14-20)32-2)25(30)18-33-23-13-7-11-21(27)16-23/h3-14,16,24H,15,17-18H2,1-2H3,(H,28,31)/t24-/m1/s1. The van der Waals surface area contributed by atoms with E-state index in [1.807, 2.05) is 54.6 Å². The van der Waals surface area contributed by atoms with Gasteiger partial charge in [0.05, 0.1) is 7.11 Å².